The van der Waals surface area contributed by atoms with Crippen molar-refractivity contribution in [3.05, 3.63) is 75.8 Å². The number of amides is 1. The molecule has 2 heterocycles. The van der Waals surface area contributed by atoms with Crippen molar-refractivity contribution >= 4 is 28.8 Å². The Morgan fingerprint density at radius 1 is 1.03 bits per heavy atom. The van der Waals surface area contributed by atoms with Crippen molar-refractivity contribution in [3.8, 4) is 10.6 Å². The first-order valence-electron chi connectivity index (χ1n) is 9.69. The highest BCUT2D eigenvalue weighted by molar-refractivity contribution is 7.13. The van der Waals surface area contributed by atoms with Crippen molar-refractivity contribution < 1.29 is 18.0 Å². The zero-order valence-electron chi connectivity index (χ0n) is 16.4. The molecule has 31 heavy (non-hydrogen) atoms. The average Bonchev–Trinajstić information content (AvgIpc) is 3.22. The van der Waals surface area contributed by atoms with Crippen LogP contribution in [0.2, 0.25) is 5.02 Å². The third-order valence-electron chi connectivity index (χ3n) is 5.15. The normalized spacial score (nSPS) is 15.3. The van der Waals surface area contributed by atoms with E-state index in [1.54, 1.807) is 11.3 Å². The molecule has 0 radical (unpaired) electrons. The fourth-order valence-corrected chi connectivity index (χ4v) is 4.47. The number of hydrogen-bond donors (Lipinski definition) is 0. The van der Waals surface area contributed by atoms with E-state index in [-0.39, 0.29) is 5.56 Å². The number of rotatable bonds is 4. The molecule has 3 aromatic rings. The molecule has 4 nitrogen and oxygen atoms in total. The summed E-state index contributed by atoms with van der Waals surface area (Å²) in [6.07, 6.45) is -4.56. The number of carbonyl (C=O) groups excluding carboxylic acids is 1. The second-order valence-corrected chi connectivity index (χ2v) is 8.56. The zero-order valence-corrected chi connectivity index (χ0v) is 18.0. The van der Waals surface area contributed by atoms with E-state index in [9.17, 15) is 18.0 Å². The molecule has 0 spiro atoms. The van der Waals surface area contributed by atoms with E-state index >= 15 is 0 Å². The van der Waals surface area contributed by atoms with E-state index < -0.39 is 17.6 Å². The summed E-state index contributed by atoms with van der Waals surface area (Å²) < 4.78 is 39.7. The summed E-state index contributed by atoms with van der Waals surface area (Å²) >= 11 is 7.48. The first-order chi connectivity index (χ1) is 14.8. The third kappa shape index (κ3) is 5.08. The van der Waals surface area contributed by atoms with Crippen molar-refractivity contribution in [1.82, 2.24) is 14.8 Å². The van der Waals surface area contributed by atoms with E-state index in [4.69, 9.17) is 11.6 Å². The summed E-state index contributed by atoms with van der Waals surface area (Å²) in [6.45, 7) is 2.53. The van der Waals surface area contributed by atoms with Gasteiger partial charge in [0.2, 0.25) is 0 Å². The lowest BCUT2D eigenvalue weighted by Crippen LogP contribution is -2.48. The van der Waals surface area contributed by atoms with Gasteiger partial charge in [0.05, 0.1) is 16.8 Å². The van der Waals surface area contributed by atoms with E-state index in [1.165, 1.54) is 23.1 Å². The van der Waals surface area contributed by atoms with Crippen LogP contribution in [0.15, 0.2) is 53.9 Å². The maximum atomic E-state index is 13.2. The van der Waals surface area contributed by atoms with Crippen LogP contribution in [-0.4, -0.2) is 46.9 Å². The number of aromatic nitrogens is 1. The Bertz CT molecular complexity index is 1060. The van der Waals surface area contributed by atoms with Crippen molar-refractivity contribution in [3.63, 3.8) is 0 Å². The molecule has 162 valence electrons. The van der Waals surface area contributed by atoms with Crippen molar-refractivity contribution in [2.75, 3.05) is 26.2 Å². The second-order valence-electron chi connectivity index (χ2n) is 7.26. The summed E-state index contributed by atoms with van der Waals surface area (Å²) in [7, 11) is 0. The number of carbonyl (C=O) groups is 1. The zero-order chi connectivity index (χ0) is 22.0. The van der Waals surface area contributed by atoms with Gasteiger partial charge >= 0.3 is 6.18 Å². The molecule has 1 saturated heterocycles. The first-order valence-corrected chi connectivity index (χ1v) is 11.0. The van der Waals surface area contributed by atoms with Crippen LogP contribution >= 0.6 is 22.9 Å². The lowest BCUT2D eigenvalue weighted by atomic mass is 10.1. The minimum absolute atomic E-state index is 0.296. The molecule has 0 bridgehead atoms. The molecular weight excluding hydrogens is 447 g/mol. The number of halogens is 4. The SMILES string of the molecule is O=C(c1ccccc1C(F)(F)F)N1CCN(Cc2csc(-c3ccc(Cl)cc3)n2)CC1. The number of alkyl halides is 3. The Hall–Kier alpha value is -2.42. The second kappa shape index (κ2) is 8.98. The van der Waals surface area contributed by atoms with Gasteiger partial charge in [0.15, 0.2) is 0 Å². The minimum atomic E-state index is -4.56. The van der Waals surface area contributed by atoms with Crippen molar-refractivity contribution in [2.45, 2.75) is 12.7 Å². The highest BCUT2D eigenvalue weighted by Gasteiger charge is 2.36. The quantitative estimate of drug-likeness (QED) is 0.514. The topological polar surface area (TPSA) is 36.4 Å². The van der Waals surface area contributed by atoms with Crippen molar-refractivity contribution in [1.29, 1.82) is 0 Å². The number of nitrogens with zero attached hydrogens (tertiary/aromatic N) is 3. The Balaban J connectivity index is 1.37. The highest BCUT2D eigenvalue weighted by atomic mass is 35.5. The first kappa shape index (κ1) is 21.8. The summed E-state index contributed by atoms with van der Waals surface area (Å²) in [5, 5.41) is 3.58. The van der Waals surface area contributed by atoms with Crippen LogP contribution in [0.4, 0.5) is 13.2 Å². The maximum absolute atomic E-state index is 13.2. The summed E-state index contributed by atoms with van der Waals surface area (Å²) in [5.41, 5.74) is 0.742. The Morgan fingerprint density at radius 2 is 1.71 bits per heavy atom. The standard InChI is InChI=1S/C22H19ClF3N3OS/c23-16-7-5-15(6-8-16)20-27-17(14-31-20)13-28-9-11-29(12-10-28)21(30)18-3-1-2-4-19(18)22(24,25)26/h1-8,14H,9-13H2. The van der Waals surface area contributed by atoms with Crippen LogP contribution < -0.4 is 0 Å². The molecule has 1 aliphatic heterocycles. The average molecular weight is 466 g/mol. The smallest absolute Gasteiger partial charge is 0.336 e. The Morgan fingerprint density at radius 3 is 2.39 bits per heavy atom. The van der Waals surface area contributed by atoms with E-state index in [2.05, 4.69) is 9.88 Å². The monoisotopic (exact) mass is 465 g/mol. The molecule has 2 aromatic carbocycles. The molecule has 1 amide bonds. The molecule has 0 unspecified atom stereocenters. The predicted octanol–water partition coefficient (Wildman–Crippen LogP) is 5.44. The number of hydrogen-bond acceptors (Lipinski definition) is 4. The number of benzene rings is 2. The fraction of sp³-hybridized carbons (Fsp3) is 0.273. The van der Waals surface area contributed by atoms with Crippen LogP contribution in [0.3, 0.4) is 0 Å². The Kier molecular flexibility index (Phi) is 6.31. The van der Waals surface area contributed by atoms with Gasteiger partial charge in [-0.25, -0.2) is 4.98 Å². The lowest BCUT2D eigenvalue weighted by Gasteiger charge is -2.34. The van der Waals surface area contributed by atoms with Crippen LogP contribution in [0, 0.1) is 0 Å². The van der Waals surface area contributed by atoms with E-state index in [0.717, 1.165) is 22.3 Å². The van der Waals surface area contributed by atoms with Gasteiger partial charge in [-0.2, -0.15) is 13.2 Å². The molecule has 1 aromatic heterocycles. The van der Waals surface area contributed by atoms with E-state index in [0.29, 0.717) is 37.7 Å². The summed E-state index contributed by atoms with van der Waals surface area (Å²) in [5.74, 6) is -0.578. The molecule has 0 atom stereocenters. The van der Waals surface area contributed by atoms with E-state index in [1.807, 2.05) is 29.6 Å². The summed E-state index contributed by atoms with van der Waals surface area (Å²) in [4.78, 5) is 21.0. The van der Waals surface area contributed by atoms with Crippen LogP contribution in [0.5, 0.6) is 0 Å². The molecule has 0 aliphatic carbocycles. The molecule has 1 fully saturated rings. The predicted molar refractivity (Wildman–Crippen MR) is 115 cm³/mol. The van der Waals surface area contributed by atoms with Gasteiger partial charge in [-0.05, 0) is 24.3 Å². The van der Waals surface area contributed by atoms with Gasteiger partial charge in [0.25, 0.3) is 5.91 Å². The van der Waals surface area contributed by atoms with Gasteiger partial charge in [0.1, 0.15) is 5.01 Å². The number of thiazole rings is 1. The van der Waals surface area contributed by atoms with Gasteiger partial charge in [-0.15, -0.1) is 11.3 Å². The molecule has 1 aliphatic rings. The van der Waals surface area contributed by atoms with Gasteiger partial charge in [-0.3, -0.25) is 9.69 Å². The van der Waals surface area contributed by atoms with Gasteiger partial charge in [-0.1, -0.05) is 35.9 Å². The van der Waals surface area contributed by atoms with Crippen molar-refractivity contribution in [2.24, 2.45) is 0 Å². The number of piperazine rings is 1. The lowest BCUT2D eigenvalue weighted by molar-refractivity contribution is -0.138. The van der Waals surface area contributed by atoms with Gasteiger partial charge < -0.3 is 4.90 Å². The molecule has 9 heteroatoms. The summed E-state index contributed by atoms with van der Waals surface area (Å²) in [6, 6.07) is 12.4. The van der Waals surface area contributed by atoms with Crippen LogP contribution in [0.25, 0.3) is 10.6 Å². The van der Waals surface area contributed by atoms with Gasteiger partial charge in [0, 0.05) is 48.7 Å². The third-order valence-corrected chi connectivity index (χ3v) is 6.34. The van der Waals surface area contributed by atoms with Crippen LogP contribution in [0.1, 0.15) is 21.6 Å². The Labute approximate surface area is 186 Å². The molecular formula is C22H19ClF3N3OS. The molecule has 4 rings (SSSR count). The molecule has 0 saturated carbocycles. The molecule has 0 N–H and O–H groups in total. The van der Waals surface area contributed by atoms with Crippen LogP contribution in [-0.2, 0) is 12.7 Å². The highest BCUT2D eigenvalue weighted by Crippen LogP contribution is 2.32. The largest absolute Gasteiger partial charge is 0.417 e. The fourth-order valence-electron chi connectivity index (χ4n) is 3.53. The maximum Gasteiger partial charge on any atom is 0.417 e. The minimum Gasteiger partial charge on any atom is -0.336 e.